The molecule has 0 aliphatic heterocycles. The summed E-state index contributed by atoms with van der Waals surface area (Å²) in [4.78, 5) is 13.8. The van der Waals surface area contributed by atoms with Crippen molar-refractivity contribution >= 4 is 5.97 Å². The molecule has 0 fully saturated rings. The van der Waals surface area contributed by atoms with E-state index in [1.807, 2.05) is 0 Å². The number of imidazole rings is 1. The summed E-state index contributed by atoms with van der Waals surface area (Å²) >= 11 is 0. The van der Waals surface area contributed by atoms with Gasteiger partial charge in [-0.2, -0.15) is 13.2 Å². The third-order valence-electron chi connectivity index (χ3n) is 2.42. The van der Waals surface area contributed by atoms with Crippen molar-refractivity contribution in [3.63, 3.8) is 0 Å². The molecule has 0 saturated heterocycles. The summed E-state index contributed by atoms with van der Waals surface area (Å²) < 4.78 is 65.7. The third kappa shape index (κ3) is 2.22. The number of carboxylic acids is 1. The Bertz CT molecular complexity index is 658. The van der Waals surface area contributed by atoms with Crippen LogP contribution in [-0.2, 0) is 6.18 Å². The molecular formula is C11H5F5N2O2. The summed E-state index contributed by atoms with van der Waals surface area (Å²) in [6.45, 7) is 0. The fraction of sp³-hybridized carbons (Fsp3) is 0.0909. The number of nitrogens with zero attached hydrogens (tertiary/aromatic N) is 2. The maximum absolute atomic E-state index is 13.5. The normalized spacial score (nSPS) is 11.7. The van der Waals surface area contributed by atoms with Crippen LogP contribution < -0.4 is 0 Å². The molecule has 0 amide bonds. The van der Waals surface area contributed by atoms with Crippen molar-refractivity contribution in [3.8, 4) is 5.69 Å². The molecule has 106 valence electrons. The average Bonchev–Trinajstić information content (AvgIpc) is 2.73. The lowest BCUT2D eigenvalue weighted by molar-refractivity contribution is -0.142. The van der Waals surface area contributed by atoms with E-state index in [1.54, 1.807) is 0 Å². The molecule has 2 aromatic rings. The summed E-state index contributed by atoms with van der Waals surface area (Å²) in [7, 11) is 0. The van der Waals surface area contributed by atoms with E-state index in [0.717, 1.165) is 18.2 Å². The van der Waals surface area contributed by atoms with E-state index in [2.05, 4.69) is 4.98 Å². The molecule has 0 spiro atoms. The molecule has 0 saturated carbocycles. The fourth-order valence-corrected chi connectivity index (χ4v) is 1.66. The Morgan fingerprint density at radius 1 is 1.20 bits per heavy atom. The predicted molar refractivity (Wildman–Crippen MR) is 55.4 cm³/mol. The van der Waals surface area contributed by atoms with E-state index >= 15 is 0 Å². The van der Waals surface area contributed by atoms with Crippen LogP contribution in [-0.4, -0.2) is 20.6 Å². The Morgan fingerprint density at radius 2 is 1.75 bits per heavy atom. The summed E-state index contributed by atoms with van der Waals surface area (Å²) in [6, 6.07) is 2.47. The Balaban J connectivity index is 2.80. The van der Waals surface area contributed by atoms with Crippen LogP contribution >= 0.6 is 0 Å². The van der Waals surface area contributed by atoms with Crippen molar-refractivity contribution in [2.75, 3.05) is 0 Å². The predicted octanol–water partition coefficient (Wildman–Crippen LogP) is 2.87. The molecule has 1 aromatic heterocycles. The van der Waals surface area contributed by atoms with Crippen LogP contribution in [0.15, 0.2) is 24.5 Å². The van der Waals surface area contributed by atoms with Crippen LogP contribution in [0.5, 0.6) is 0 Å². The number of halogens is 5. The number of aromatic carboxylic acids is 1. The van der Waals surface area contributed by atoms with Gasteiger partial charge in [0.1, 0.15) is 23.6 Å². The zero-order chi connectivity index (χ0) is 15.1. The highest BCUT2D eigenvalue weighted by atomic mass is 19.4. The van der Waals surface area contributed by atoms with Crippen molar-refractivity contribution in [2.24, 2.45) is 0 Å². The molecule has 2 rings (SSSR count). The minimum atomic E-state index is -5.14. The number of alkyl halides is 3. The van der Waals surface area contributed by atoms with Crippen LogP contribution in [0.25, 0.3) is 5.69 Å². The van der Waals surface area contributed by atoms with Crippen LogP contribution in [0.4, 0.5) is 22.0 Å². The van der Waals surface area contributed by atoms with Crippen molar-refractivity contribution in [3.05, 3.63) is 47.5 Å². The third-order valence-corrected chi connectivity index (χ3v) is 2.42. The first-order chi connectivity index (χ1) is 9.23. The average molecular weight is 292 g/mol. The van der Waals surface area contributed by atoms with Gasteiger partial charge >= 0.3 is 12.1 Å². The van der Waals surface area contributed by atoms with Gasteiger partial charge in [0, 0.05) is 0 Å². The van der Waals surface area contributed by atoms with Gasteiger partial charge in [-0.3, -0.25) is 4.57 Å². The lowest BCUT2D eigenvalue weighted by Crippen LogP contribution is -2.18. The molecule has 1 aromatic carbocycles. The lowest BCUT2D eigenvalue weighted by atomic mass is 10.2. The molecule has 4 nitrogen and oxygen atoms in total. The summed E-state index contributed by atoms with van der Waals surface area (Å²) in [5, 5.41) is 8.66. The van der Waals surface area contributed by atoms with E-state index in [0.29, 0.717) is 6.33 Å². The van der Waals surface area contributed by atoms with Crippen molar-refractivity contribution < 1.29 is 31.9 Å². The second-order valence-electron chi connectivity index (χ2n) is 3.68. The number of para-hydroxylation sites is 1. The van der Waals surface area contributed by atoms with Crippen molar-refractivity contribution in [1.29, 1.82) is 0 Å². The molecule has 0 unspecified atom stereocenters. The quantitative estimate of drug-likeness (QED) is 0.866. The van der Waals surface area contributed by atoms with Gasteiger partial charge in [-0.15, -0.1) is 0 Å². The maximum Gasteiger partial charge on any atom is 0.434 e. The van der Waals surface area contributed by atoms with Gasteiger partial charge in [-0.25, -0.2) is 18.6 Å². The van der Waals surface area contributed by atoms with Crippen molar-refractivity contribution in [1.82, 2.24) is 9.55 Å². The zero-order valence-corrected chi connectivity index (χ0v) is 9.45. The van der Waals surface area contributed by atoms with Crippen molar-refractivity contribution in [2.45, 2.75) is 6.18 Å². The van der Waals surface area contributed by atoms with E-state index in [9.17, 15) is 26.7 Å². The zero-order valence-electron chi connectivity index (χ0n) is 9.45. The second-order valence-corrected chi connectivity index (χ2v) is 3.68. The van der Waals surface area contributed by atoms with Gasteiger partial charge < -0.3 is 5.11 Å². The summed E-state index contributed by atoms with van der Waals surface area (Å²) in [5.74, 6) is -4.50. The van der Waals surface area contributed by atoms with Crippen LogP contribution in [0.1, 0.15) is 16.2 Å². The Morgan fingerprint density at radius 3 is 2.20 bits per heavy atom. The highest BCUT2D eigenvalue weighted by molar-refractivity contribution is 5.87. The number of carbonyl (C=O) groups is 1. The molecule has 20 heavy (non-hydrogen) atoms. The van der Waals surface area contributed by atoms with Gasteiger partial charge in [-0.1, -0.05) is 6.07 Å². The number of hydrogen-bond acceptors (Lipinski definition) is 2. The van der Waals surface area contributed by atoms with E-state index < -0.39 is 40.9 Å². The highest BCUT2D eigenvalue weighted by Crippen LogP contribution is 2.34. The fourth-order valence-electron chi connectivity index (χ4n) is 1.66. The molecule has 1 N–H and O–H groups in total. The first-order valence-electron chi connectivity index (χ1n) is 5.05. The highest BCUT2D eigenvalue weighted by Gasteiger charge is 2.41. The SMILES string of the molecule is O=C(O)c1ncn(-c2c(F)cccc2F)c1C(F)(F)F. The standard InChI is InChI=1S/C11H5F5N2O2/c12-5-2-1-3-6(13)8(5)18-4-17-7(10(19)20)9(18)11(14,15)16/h1-4H,(H,19,20). The van der Waals surface area contributed by atoms with Crippen LogP contribution in [0.2, 0.25) is 0 Å². The minimum absolute atomic E-state index is 0.0358. The van der Waals surface area contributed by atoms with E-state index in [1.165, 1.54) is 0 Å². The topological polar surface area (TPSA) is 55.1 Å². The number of rotatable bonds is 2. The number of aromatic nitrogens is 2. The first-order valence-corrected chi connectivity index (χ1v) is 5.05. The van der Waals surface area contributed by atoms with Gasteiger partial charge in [0.25, 0.3) is 0 Å². The lowest BCUT2D eigenvalue weighted by Gasteiger charge is -2.13. The summed E-state index contributed by atoms with van der Waals surface area (Å²) in [6.07, 6.45) is -4.73. The van der Waals surface area contributed by atoms with Gasteiger partial charge in [0.05, 0.1) is 0 Å². The molecule has 0 aliphatic carbocycles. The van der Waals surface area contributed by atoms with Crippen LogP contribution in [0.3, 0.4) is 0 Å². The Kier molecular flexibility index (Phi) is 3.20. The van der Waals surface area contributed by atoms with E-state index in [4.69, 9.17) is 5.11 Å². The molecule has 0 bridgehead atoms. The molecule has 0 radical (unpaired) electrons. The smallest absolute Gasteiger partial charge is 0.434 e. The number of benzene rings is 1. The molecule has 9 heteroatoms. The molecular weight excluding hydrogens is 287 g/mol. The largest absolute Gasteiger partial charge is 0.476 e. The van der Waals surface area contributed by atoms with Gasteiger partial charge in [-0.05, 0) is 12.1 Å². The van der Waals surface area contributed by atoms with E-state index in [-0.39, 0.29) is 4.57 Å². The van der Waals surface area contributed by atoms with Gasteiger partial charge in [0.15, 0.2) is 11.4 Å². The molecule has 0 atom stereocenters. The molecule has 1 heterocycles. The van der Waals surface area contributed by atoms with Gasteiger partial charge in [0.2, 0.25) is 0 Å². The molecule has 0 aliphatic rings. The second kappa shape index (κ2) is 4.58. The minimum Gasteiger partial charge on any atom is -0.476 e. The monoisotopic (exact) mass is 292 g/mol. The Labute approximate surface area is 108 Å². The summed E-state index contributed by atoms with van der Waals surface area (Å²) in [5.41, 5.74) is -4.13. The number of carboxylic acid groups (broad SMARTS) is 1. The maximum atomic E-state index is 13.5. The first kappa shape index (κ1) is 14.0. The number of hydrogen-bond donors (Lipinski definition) is 1. The Hall–Kier alpha value is -2.45. The van der Waals surface area contributed by atoms with Crippen LogP contribution in [0, 0.1) is 11.6 Å².